The van der Waals surface area contributed by atoms with Crippen molar-refractivity contribution in [1.29, 1.82) is 5.26 Å². The number of benzene rings is 9. The second kappa shape index (κ2) is 14.2. The molecule has 9 aromatic rings. The van der Waals surface area contributed by atoms with Crippen LogP contribution in [0.25, 0.3) is 71.4 Å². The second-order valence-electron chi connectivity index (χ2n) is 14.5. The van der Waals surface area contributed by atoms with Gasteiger partial charge in [-0.05, 0) is 107 Å². The molecule has 0 saturated carbocycles. The monoisotopic (exact) mass is 715 g/mol. The summed E-state index contributed by atoms with van der Waals surface area (Å²) in [5.41, 5.74) is 12.2. The molecule has 0 aliphatic carbocycles. The number of nitriles is 1. The van der Waals surface area contributed by atoms with Crippen molar-refractivity contribution in [1.82, 2.24) is 10.6 Å². The minimum absolute atomic E-state index is 0.111. The van der Waals surface area contributed by atoms with Crippen molar-refractivity contribution in [2.45, 2.75) is 12.2 Å². The molecule has 1 heterocycles. The van der Waals surface area contributed by atoms with Gasteiger partial charge < -0.3 is 5.32 Å². The van der Waals surface area contributed by atoms with Crippen molar-refractivity contribution in [3.8, 4) is 39.4 Å². The van der Waals surface area contributed by atoms with Crippen molar-refractivity contribution in [2.24, 2.45) is 0 Å². The maximum Gasteiger partial charge on any atom is 0.105 e. The zero-order valence-corrected chi connectivity index (χ0v) is 30.7. The molecule has 0 saturated heterocycles. The van der Waals surface area contributed by atoms with Gasteiger partial charge in [-0.25, -0.2) is 0 Å². The zero-order chi connectivity index (χ0) is 37.4. The van der Waals surface area contributed by atoms with Crippen LogP contribution in [0.15, 0.2) is 200 Å². The molecule has 10 rings (SSSR count). The molecular weight excluding hydrogens is 679 g/mol. The van der Waals surface area contributed by atoms with Gasteiger partial charge in [-0.3, -0.25) is 5.32 Å². The molecule has 3 nitrogen and oxygen atoms in total. The maximum absolute atomic E-state index is 9.41. The van der Waals surface area contributed by atoms with Crippen LogP contribution < -0.4 is 10.6 Å². The molecular formula is C53H37N3. The Bertz CT molecular complexity index is 2990. The van der Waals surface area contributed by atoms with E-state index in [1.165, 1.54) is 60.1 Å². The van der Waals surface area contributed by atoms with E-state index in [-0.39, 0.29) is 12.2 Å². The third-order valence-corrected chi connectivity index (χ3v) is 11.2. The fraction of sp³-hybridized carbons (Fsp3) is 0.0377. The van der Waals surface area contributed by atoms with Crippen LogP contribution in [0.1, 0.15) is 34.5 Å². The highest BCUT2D eigenvalue weighted by Crippen LogP contribution is 2.43. The summed E-state index contributed by atoms with van der Waals surface area (Å²) in [4.78, 5) is 0. The number of hydrogen-bond donors (Lipinski definition) is 2. The Hall–Kier alpha value is -7.25. The van der Waals surface area contributed by atoms with Crippen LogP contribution >= 0.6 is 0 Å². The molecule has 0 bridgehead atoms. The fourth-order valence-electron chi connectivity index (χ4n) is 8.49. The van der Waals surface area contributed by atoms with Crippen LogP contribution in [-0.4, -0.2) is 0 Å². The van der Waals surface area contributed by atoms with Gasteiger partial charge >= 0.3 is 0 Å². The van der Waals surface area contributed by atoms with Crippen LogP contribution in [0.3, 0.4) is 0 Å². The molecule has 0 fully saturated rings. The van der Waals surface area contributed by atoms with Crippen molar-refractivity contribution in [3.63, 3.8) is 0 Å². The summed E-state index contributed by atoms with van der Waals surface area (Å²) >= 11 is 0. The molecule has 9 aromatic carbocycles. The minimum Gasteiger partial charge on any atom is -0.366 e. The average Bonchev–Trinajstić information content (AvgIpc) is 3.28. The van der Waals surface area contributed by atoms with Gasteiger partial charge in [0.2, 0.25) is 0 Å². The Morgan fingerprint density at radius 3 is 1.95 bits per heavy atom. The highest BCUT2D eigenvalue weighted by molar-refractivity contribution is 6.20. The highest BCUT2D eigenvalue weighted by atomic mass is 15.2. The molecule has 0 radical (unpaired) electrons. The van der Waals surface area contributed by atoms with Crippen LogP contribution in [0, 0.1) is 11.3 Å². The predicted octanol–water partition coefficient (Wildman–Crippen LogP) is 13.0. The molecule has 0 aromatic heterocycles. The molecule has 2 atom stereocenters. The van der Waals surface area contributed by atoms with E-state index in [1.807, 2.05) is 24.3 Å². The Kier molecular flexibility index (Phi) is 8.45. The first kappa shape index (κ1) is 33.3. The first-order chi connectivity index (χ1) is 27.7. The lowest BCUT2D eigenvalue weighted by molar-refractivity contribution is 0.443. The molecule has 1 aliphatic heterocycles. The van der Waals surface area contributed by atoms with Gasteiger partial charge in [-0.2, -0.15) is 5.26 Å². The van der Waals surface area contributed by atoms with Gasteiger partial charge in [-0.15, -0.1) is 0 Å². The quantitative estimate of drug-likeness (QED) is 0.133. The summed E-state index contributed by atoms with van der Waals surface area (Å²) < 4.78 is 0. The number of nitrogens with one attached hydrogen (secondary N) is 2. The van der Waals surface area contributed by atoms with E-state index in [0.29, 0.717) is 5.56 Å². The van der Waals surface area contributed by atoms with Crippen molar-refractivity contribution < 1.29 is 0 Å². The summed E-state index contributed by atoms with van der Waals surface area (Å²) in [6.45, 7) is 0. The van der Waals surface area contributed by atoms with E-state index < -0.39 is 0 Å². The summed E-state index contributed by atoms with van der Waals surface area (Å²) in [5, 5.41) is 24.9. The van der Waals surface area contributed by atoms with E-state index in [2.05, 4.69) is 193 Å². The molecule has 3 heteroatoms. The van der Waals surface area contributed by atoms with E-state index in [0.717, 1.165) is 28.0 Å². The van der Waals surface area contributed by atoms with Gasteiger partial charge in [0, 0.05) is 11.3 Å². The topological polar surface area (TPSA) is 47.9 Å². The first-order valence-electron chi connectivity index (χ1n) is 19.1. The number of fused-ring (bicyclic) bond motifs is 4. The molecule has 264 valence electrons. The van der Waals surface area contributed by atoms with Gasteiger partial charge in [0.05, 0.1) is 17.7 Å². The predicted molar refractivity (Wildman–Crippen MR) is 233 cm³/mol. The molecule has 56 heavy (non-hydrogen) atoms. The van der Waals surface area contributed by atoms with E-state index in [1.54, 1.807) is 0 Å². The third kappa shape index (κ3) is 6.00. The van der Waals surface area contributed by atoms with E-state index in [4.69, 9.17) is 0 Å². The van der Waals surface area contributed by atoms with E-state index in [9.17, 15) is 5.26 Å². The van der Waals surface area contributed by atoms with Crippen molar-refractivity contribution in [2.75, 3.05) is 0 Å². The summed E-state index contributed by atoms with van der Waals surface area (Å²) in [5.74, 6) is 0. The summed E-state index contributed by atoms with van der Waals surface area (Å²) in [6.07, 6.45) is 2.10. The largest absolute Gasteiger partial charge is 0.366 e. The van der Waals surface area contributed by atoms with Crippen LogP contribution in [0.5, 0.6) is 0 Å². The van der Waals surface area contributed by atoms with Gasteiger partial charge in [-0.1, -0.05) is 170 Å². The van der Waals surface area contributed by atoms with E-state index >= 15 is 0 Å². The lowest BCUT2D eigenvalue weighted by Crippen LogP contribution is -2.40. The number of rotatable bonds is 6. The standard InChI is InChI=1S/C53H37N3/c54-34-35-25-27-36(28-26-35)39-17-12-18-41(31-39)50-33-51(45-22-9-8-19-42(45)37-13-2-1-3-14-37)56-53(55-50)48-24-11-10-23-46(48)52-44-21-7-5-16-40(44)32-49-43-20-6-4-15-38(43)29-30-47(49)52/h1-33,50,53,55-56H. The SMILES string of the molecule is N#Cc1ccc(-c2cccc(C3C=C(c4ccccc4-c4ccccc4)NC(c4ccccc4-c4c5ccccc5cc5c4ccc4ccccc45)N3)c2)cc1. The normalized spacial score (nSPS) is 15.3. The zero-order valence-electron chi connectivity index (χ0n) is 30.7. The van der Waals surface area contributed by atoms with Crippen LogP contribution in [-0.2, 0) is 0 Å². The highest BCUT2D eigenvalue weighted by Gasteiger charge is 2.28. The molecule has 2 N–H and O–H groups in total. The third-order valence-electron chi connectivity index (χ3n) is 11.2. The second-order valence-corrected chi connectivity index (χ2v) is 14.5. The Labute approximate surface area is 326 Å². The number of hydrogen-bond acceptors (Lipinski definition) is 3. The first-order valence-corrected chi connectivity index (χ1v) is 19.1. The van der Waals surface area contributed by atoms with Crippen LogP contribution in [0.2, 0.25) is 0 Å². The van der Waals surface area contributed by atoms with Crippen molar-refractivity contribution >= 4 is 38.0 Å². The number of nitrogens with zero attached hydrogens (tertiary/aromatic N) is 1. The van der Waals surface area contributed by atoms with Gasteiger partial charge in [0.25, 0.3) is 0 Å². The molecule has 0 spiro atoms. The van der Waals surface area contributed by atoms with Gasteiger partial charge in [0.1, 0.15) is 6.17 Å². The molecule has 2 unspecified atom stereocenters. The fourth-order valence-corrected chi connectivity index (χ4v) is 8.49. The Morgan fingerprint density at radius 1 is 0.446 bits per heavy atom. The lowest BCUT2D eigenvalue weighted by atomic mass is 9.86. The smallest absolute Gasteiger partial charge is 0.105 e. The summed E-state index contributed by atoms with van der Waals surface area (Å²) in [6, 6.07) is 71.3. The Morgan fingerprint density at radius 2 is 1.12 bits per heavy atom. The van der Waals surface area contributed by atoms with Crippen molar-refractivity contribution in [3.05, 3.63) is 222 Å². The summed E-state index contributed by atoms with van der Waals surface area (Å²) in [7, 11) is 0. The molecule has 1 aliphatic rings. The van der Waals surface area contributed by atoms with Gasteiger partial charge in [0.15, 0.2) is 0 Å². The molecule has 0 amide bonds. The van der Waals surface area contributed by atoms with Crippen LogP contribution in [0.4, 0.5) is 0 Å². The maximum atomic E-state index is 9.41. The Balaban J connectivity index is 1.16. The minimum atomic E-state index is -0.229. The average molecular weight is 716 g/mol. The lowest BCUT2D eigenvalue weighted by Gasteiger charge is -2.35.